The predicted molar refractivity (Wildman–Crippen MR) is 212 cm³/mol. The Morgan fingerprint density at radius 1 is 1.06 bits per heavy atom. The van der Waals surface area contributed by atoms with Crippen LogP contribution in [0.15, 0.2) is 48.3 Å². The first-order valence-corrected chi connectivity index (χ1v) is 21.1. The maximum atomic E-state index is 11.9. The minimum atomic E-state index is -0.869. The van der Waals surface area contributed by atoms with Crippen LogP contribution in [-0.2, 0) is 14.3 Å². The molecule has 4 rings (SSSR count). The third-order valence-corrected chi connectivity index (χ3v) is 12.9. The summed E-state index contributed by atoms with van der Waals surface area (Å²) in [7, 11) is 0. The molecule has 0 aromatic heterocycles. The monoisotopic (exact) mass is 715 g/mol. The lowest BCUT2D eigenvalue weighted by Crippen LogP contribution is -2.41. The van der Waals surface area contributed by atoms with Crippen LogP contribution in [0.2, 0.25) is 0 Å². The van der Waals surface area contributed by atoms with Gasteiger partial charge in [0, 0.05) is 30.6 Å². The van der Waals surface area contributed by atoms with Gasteiger partial charge in [-0.05, 0) is 106 Å². The van der Waals surface area contributed by atoms with Crippen molar-refractivity contribution in [3.05, 3.63) is 48.3 Å². The summed E-state index contributed by atoms with van der Waals surface area (Å²) in [5.41, 5.74) is 0.254. The molecule has 1 N–H and O–H groups in total. The van der Waals surface area contributed by atoms with E-state index in [1.54, 1.807) is 0 Å². The van der Waals surface area contributed by atoms with Gasteiger partial charge in [-0.15, -0.1) is 11.6 Å². The third-order valence-electron chi connectivity index (χ3n) is 12.5. The molecule has 5 heteroatoms. The van der Waals surface area contributed by atoms with Crippen molar-refractivity contribution in [3.8, 4) is 0 Å². The highest BCUT2D eigenvalue weighted by molar-refractivity contribution is 6.20. The van der Waals surface area contributed by atoms with Crippen molar-refractivity contribution in [2.24, 2.45) is 53.3 Å². The second-order valence-corrected chi connectivity index (χ2v) is 17.7. The van der Waals surface area contributed by atoms with Crippen LogP contribution in [0.5, 0.6) is 0 Å². The molecule has 3 aliphatic carbocycles. The lowest BCUT2D eigenvalue weighted by molar-refractivity contribution is -0.148. The van der Waals surface area contributed by atoms with Gasteiger partial charge in [0.15, 0.2) is 0 Å². The molecule has 3 saturated carbocycles. The van der Waals surface area contributed by atoms with Gasteiger partial charge >= 0.3 is 5.97 Å². The topological polar surface area (TPSA) is 55.8 Å². The predicted octanol–water partition coefficient (Wildman–Crippen LogP) is 12.4. The Morgan fingerprint density at radius 3 is 2.22 bits per heavy atom. The molecule has 0 radical (unpaired) electrons. The highest BCUT2D eigenvalue weighted by Gasteiger charge is 2.44. The lowest BCUT2D eigenvalue weighted by atomic mass is 9.65. The van der Waals surface area contributed by atoms with Crippen LogP contribution in [0.4, 0.5) is 0 Å². The number of ether oxygens (including phenoxy) is 2. The van der Waals surface area contributed by atoms with Gasteiger partial charge in [0.1, 0.15) is 12.2 Å². The number of aliphatic hydroxyl groups is 1. The molecule has 0 bridgehead atoms. The fourth-order valence-electron chi connectivity index (χ4n) is 9.13. The van der Waals surface area contributed by atoms with Crippen molar-refractivity contribution < 1.29 is 19.4 Å². The minimum absolute atomic E-state index is 0.0667. The van der Waals surface area contributed by atoms with Crippen molar-refractivity contribution >= 4 is 17.6 Å². The number of hydrogen-bond donors (Lipinski definition) is 1. The summed E-state index contributed by atoms with van der Waals surface area (Å²) in [5.74, 6) is 5.19. The number of allylic oxidation sites excluding steroid dienone is 3. The molecule has 0 saturated heterocycles. The van der Waals surface area contributed by atoms with E-state index in [0.29, 0.717) is 48.7 Å². The summed E-state index contributed by atoms with van der Waals surface area (Å²) in [4.78, 5) is 11.9. The van der Waals surface area contributed by atoms with E-state index in [9.17, 15) is 9.90 Å². The fraction of sp³-hybridized carbons (Fsp3) is 0.800. The maximum absolute atomic E-state index is 11.9. The van der Waals surface area contributed by atoms with Crippen molar-refractivity contribution in [1.82, 2.24) is 0 Å². The zero-order valence-corrected chi connectivity index (χ0v) is 34.2. The molecule has 1 heterocycles. The number of esters is 1. The smallest absolute Gasteiger partial charge is 0.302 e. The molecular formula is C45H75ClO4. The van der Waals surface area contributed by atoms with E-state index in [0.717, 1.165) is 42.6 Å². The second-order valence-electron chi connectivity index (χ2n) is 17.1. The SMILES string of the molecule is C=C1CC(OC(C)=O)CCC(C)(O)C(C2CCC2)/C=C/C(C)C(/C(C)=C/C=C/C(C)CC(Cl)C(C2CC2)C(C)C(CC)C2CCC2)O1.CCC. The van der Waals surface area contributed by atoms with E-state index in [-0.39, 0.29) is 35.4 Å². The van der Waals surface area contributed by atoms with Gasteiger partial charge in [-0.2, -0.15) is 0 Å². The Labute approximate surface area is 313 Å². The molecule has 0 aromatic carbocycles. The van der Waals surface area contributed by atoms with Gasteiger partial charge in [-0.1, -0.05) is 117 Å². The van der Waals surface area contributed by atoms with Crippen LogP contribution in [0.3, 0.4) is 0 Å². The molecule has 286 valence electrons. The van der Waals surface area contributed by atoms with Crippen LogP contribution in [0.1, 0.15) is 152 Å². The number of carbonyl (C=O) groups excluding carboxylic acids is 1. The summed E-state index contributed by atoms with van der Waals surface area (Å²) in [6, 6.07) is 0. The highest BCUT2D eigenvalue weighted by Crippen LogP contribution is 2.51. The van der Waals surface area contributed by atoms with Gasteiger partial charge < -0.3 is 14.6 Å². The number of alkyl halides is 1. The van der Waals surface area contributed by atoms with Crippen LogP contribution in [0, 0.1) is 53.3 Å². The van der Waals surface area contributed by atoms with Crippen LogP contribution in [0.25, 0.3) is 0 Å². The average Bonchev–Trinajstić information content (AvgIpc) is 3.82. The van der Waals surface area contributed by atoms with Crippen molar-refractivity contribution in [2.45, 2.75) is 175 Å². The van der Waals surface area contributed by atoms with Gasteiger partial charge in [0.25, 0.3) is 0 Å². The molecule has 0 amide bonds. The molecule has 4 aliphatic rings. The molecule has 4 nitrogen and oxygen atoms in total. The zero-order valence-electron chi connectivity index (χ0n) is 33.5. The summed E-state index contributed by atoms with van der Waals surface area (Å²) in [5, 5.41) is 11.9. The Hall–Kier alpha value is -1.52. The molecule has 0 spiro atoms. The number of carbonyl (C=O) groups is 1. The summed E-state index contributed by atoms with van der Waals surface area (Å²) < 4.78 is 12.2. The van der Waals surface area contributed by atoms with E-state index in [1.807, 2.05) is 6.92 Å². The Balaban J connectivity index is 0.00000217. The maximum Gasteiger partial charge on any atom is 0.302 e. The van der Waals surface area contributed by atoms with E-state index in [4.69, 9.17) is 21.1 Å². The van der Waals surface area contributed by atoms with Gasteiger partial charge in [0.2, 0.25) is 0 Å². The number of hydrogen-bond acceptors (Lipinski definition) is 4. The molecular weight excluding hydrogens is 640 g/mol. The van der Waals surface area contributed by atoms with Crippen LogP contribution in [-0.4, -0.2) is 34.3 Å². The van der Waals surface area contributed by atoms with E-state index in [2.05, 4.69) is 85.4 Å². The van der Waals surface area contributed by atoms with Gasteiger partial charge in [-0.3, -0.25) is 4.79 Å². The Morgan fingerprint density at radius 2 is 1.70 bits per heavy atom. The highest BCUT2D eigenvalue weighted by atomic mass is 35.5. The molecule has 1 aliphatic heterocycles. The largest absolute Gasteiger partial charge is 0.490 e. The quantitative estimate of drug-likeness (QED) is 0.0893. The molecule has 0 aromatic rings. The van der Waals surface area contributed by atoms with Gasteiger partial charge in [-0.25, -0.2) is 0 Å². The molecule has 50 heavy (non-hydrogen) atoms. The molecule has 10 unspecified atom stereocenters. The fourth-order valence-corrected chi connectivity index (χ4v) is 9.84. The van der Waals surface area contributed by atoms with E-state index >= 15 is 0 Å². The third kappa shape index (κ3) is 12.9. The number of halogens is 1. The van der Waals surface area contributed by atoms with Crippen molar-refractivity contribution in [3.63, 3.8) is 0 Å². The first kappa shape index (κ1) is 42.9. The van der Waals surface area contributed by atoms with Crippen LogP contribution >= 0.6 is 11.6 Å². The van der Waals surface area contributed by atoms with Crippen molar-refractivity contribution in [1.29, 1.82) is 0 Å². The van der Waals surface area contributed by atoms with Gasteiger partial charge in [0.05, 0.1) is 11.4 Å². The zero-order chi connectivity index (χ0) is 37.0. The summed E-state index contributed by atoms with van der Waals surface area (Å²) in [6.07, 6.45) is 26.2. The van der Waals surface area contributed by atoms with Crippen LogP contribution < -0.4 is 0 Å². The number of rotatable bonds is 13. The standard InChI is InChI=1S/C42H67ClO4.C3H8/c1-9-37(33-15-11-16-33)31(6)40(35-20-21-35)39(43)25-27(2)13-10-14-28(3)41-29(4)19-22-38(34-17-12-18-34)42(8,45)24-23-36(47-32(7)44)26-30(5)46-41;1-3-2/h10,13-14,19,22,27,29,31,33-41,45H,5,9,11-12,15-18,20-21,23-26H2,1-4,6-8H3;3H2,1-2H3/b13-10+,22-19+,28-14+;. The second kappa shape index (κ2) is 20.6. The lowest BCUT2D eigenvalue weighted by Gasteiger charge is -2.42. The molecule has 10 atom stereocenters. The average molecular weight is 716 g/mol. The molecule has 3 fully saturated rings. The first-order valence-electron chi connectivity index (χ1n) is 20.6. The Kier molecular flexibility index (Phi) is 17.7. The van der Waals surface area contributed by atoms with E-state index < -0.39 is 5.60 Å². The Bertz CT molecular complexity index is 1130. The summed E-state index contributed by atoms with van der Waals surface area (Å²) >= 11 is 7.30. The van der Waals surface area contributed by atoms with Crippen molar-refractivity contribution in [2.75, 3.05) is 0 Å². The summed E-state index contributed by atoms with van der Waals surface area (Å²) in [6.45, 7) is 23.4. The first-order chi connectivity index (χ1) is 23.7. The normalized spacial score (nSPS) is 32.4. The van der Waals surface area contributed by atoms with E-state index in [1.165, 1.54) is 58.3 Å². The minimum Gasteiger partial charge on any atom is -0.490 e.